The molecule has 2 atom stereocenters. The van der Waals surface area contributed by atoms with Crippen molar-refractivity contribution in [3.8, 4) is 0 Å². The fraction of sp³-hybridized carbons (Fsp3) is 0.536. The molecule has 2 fully saturated rings. The summed E-state index contributed by atoms with van der Waals surface area (Å²) in [5.41, 5.74) is 2.37. The fourth-order valence-electron chi connectivity index (χ4n) is 6.52. The van der Waals surface area contributed by atoms with Crippen LogP contribution in [-0.4, -0.2) is 65.1 Å². The van der Waals surface area contributed by atoms with Crippen molar-refractivity contribution in [3.05, 3.63) is 59.4 Å². The minimum atomic E-state index is -4.69. The lowest BCUT2D eigenvalue weighted by atomic mass is 9.61. The number of carbonyl (C=O) groups is 2. The van der Waals surface area contributed by atoms with Crippen molar-refractivity contribution in [2.75, 3.05) is 26.0 Å². The number of pyridine rings is 1. The fourth-order valence-corrected chi connectivity index (χ4v) is 6.52. The SMILES string of the molecule is CNC(=O)N1CCC12CC(C(=O)N(C)[C@@H](c1ccc(NC3Cc4ccccc4C3(C)C)cn1)C(F)(F)F)C2. The first kappa shape index (κ1) is 26.3. The summed E-state index contributed by atoms with van der Waals surface area (Å²) >= 11 is 0. The van der Waals surface area contributed by atoms with Gasteiger partial charge in [0, 0.05) is 43.6 Å². The number of aromatic nitrogens is 1. The summed E-state index contributed by atoms with van der Waals surface area (Å²) in [5.74, 6) is -1.12. The van der Waals surface area contributed by atoms with Crippen LogP contribution in [0, 0.1) is 5.92 Å². The van der Waals surface area contributed by atoms with Gasteiger partial charge in [0.2, 0.25) is 5.91 Å². The van der Waals surface area contributed by atoms with Gasteiger partial charge in [-0.25, -0.2) is 4.79 Å². The van der Waals surface area contributed by atoms with Gasteiger partial charge < -0.3 is 20.4 Å². The Balaban J connectivity index is 1.27. The van der Waals surface area contributed by atoms with Gasteiger partial charge in [-0.15, -0.1) is 0 Å². The van der Waals surface area contributed by atoms with Gasteiger partial charge in [-0.05, 0) is 48.9 Å². The Labute approximate surface area is 220 Å². The third-order valence-corrected chi connectivity index (χ3v) is 8.89. The average molecular weight is 530 g/mol. The lowest BCUT2D eigenvalue weighted by Gasteiger charge is -2.61. The van der Waals surface area contributed by atoms with Gasteiger partial charge in [-0.1, -0.05) is 38.1 Å². The molecule has 10 heteroatoms. The van der Waals surface area contributed by atoms with Gasteiger partial charge >= 0.3 is 12.2 Å². The van der Waals surface area contributed by atoms with Gasteiger partial charge in [0.05, 0.1) is 17.6 Å². The number of halogens is 3. The quantitative estimate of drug-likeness (QED) is 0.591. The molecule has 1 spiro atoms. The Kier molecular flexibility index (Phi) is 6.35. The number of nitrogens with one attached hydrogen (secondary N) is 2. The molecular weight excluding hydrogens is 495 g/mol. The van der Waals surface area contributed by atoms with Crippen molar-refractivity contribution in [3.63, 3.8) is 0 Å². The first-order valence-electron chi connectivity index (χ1n) is 13.0. The zero-order valence-electron chi connectivity index (χ0n) is 22.1. The molecule has 1 aromatic carbocycles. The van der Waals surface area contributed by atoms with Gasteiger partial charge in [-0.3, -0.25) is 9.78 Å². The Bertz CT molecular complexity index is 1220. The number of rotatable bonds is 5. The normalized spacial score (nSPS) is 26.1. The summed E-state index contributed by atoms with van der Waals surface area (Å²) in [6, 6.07) is 8.90. The number of hydrogen-bond acceptors (Lipinski definition) is 4. The molecule has 0 radical (unpaired) electrons. The maximum absolute atomic E-state index is 14.2. The van der Waals surface area contributed by atoms with Crippen LogP contribution in [0.1, 0.15) is 56.0 Å². The lowest BCUT2D eigenvalue weighted by molar-refractivity contribution is -0.195. The van der Waals surface area contributed by atoms with E-state index in [2.05, 4.69) is 41.6 Å². The zero-order valence-corrected chi connectivity index (χ0v) is 22.1. The van der Waals surface area contributed by atoms with Crippen LogP contribution in [-0.2, 0) is 16.6 Å². The van der Waals surface area contributed by atoms with Crippen LogP contribution in [0.3, 0.4) is 0 Å². The summed E-state index contributed by atoms with van der Waals surface area (Å²) < 4.78 is 42.6. The Morgan fingerprint density at radius 3 is 2.42 bits per heavy atom. The first-order chi connectivity index (χ1) is 17.9. The largest absolute Gasteiger partial charge is 0.414 e. The van der Waals surface area contributed by atoms with E-state index in [9.17, 15) is 22.8 Å². The summed E-state index contributed by atoms with van der Waals surface area (Å²) in [7, 11) is 2.73. The van der Waals surface area contributed by atoms with Crippen molar-refractivity contribution in [1.29, 1.82) is 0 Å². The molecule has 3 aliphatic rings. The van der Waals surface area contributed by atoms with Crippen molar-refractivity contribution in [1.82, 2.24) is 20.1 Å². The van der Waals surface area contributed by atoms with Crippen LogP contribution in [0.25, 0.3) is 0 Å². The molecule has 2 aromatic rings. The molecule has 38 heavy (non-hydrogen) atoms. The second-order valence-corrected chi connectivity index (χ2v) is 11.4. The number of alkyl halides is 3. The van der Waals surface area contributed by atoms with Crippen molar-refractivity contribution in [2.24, 2.45) is 5.92 Å². The predicted molar refractivity (Wildman–Crippen MR) is 138 cm³/mol. The van der Waals surface area contributed by atoms with E-state index in [1.807, 2.05) is 12.1 Å². The molecular formula is C28H34F3N5O2. The molecule has 1 saturated carbocycles. The monoisotopic (exact) mass is 529 g/mol. The number of hydrogen-bond donors (Lipinski definition) is 2. The number of benzene rings is 1. The van der Waals surface area contributed by atoms with Crippen molar-refractivity contribution >= 4 is 17.6 Å². The number of amides is 3. The molecule has 7 nitrogen and oxygen atoms in total. The summed E-state index contributed by atoms with van der Waals surface area (Å²) in [6.07, 6.45) is -0.940. The third kappa shape index (κ3) is 4.27. The molecule has 1 unspecified atom stereocenters. The molecule has 1 aliphatic heterocycles. The highest BCUT2D eigenvalue weighted by molar-refractivity contribution is 5.82. The topological polar surface area (TPSA) is 77.6 Å². The lowest BCUT2D eigenvalue weighted by Crippen LogP contribution is -2.71. The van der Waals surface area contributed by atoms with Crippen LogP contribution < -0.4 is 10.6 Å². The molecule has 0 bridgehead atoms. The highest BCUT2D eigenvalue weighted by atomic mass is 19.4. The van der Waals surface area contributed by atoms with Gasteiger partial charge in [0.25, 0.3) is 0 Å². The number of urea groups is 1. The number of carbonyl (C=O) groups excluding carboxylic acids is 2. The van der Waals surface area contributed by atoms with E-state index in [1.54, 1.807) is 18.0 Å². The van der Waals surface area contributed by atoms with E-state index < -0.39 is 29.6 Å². The van der Waals surface area contributed by atoms with E-state index in [1.165, 1.54) is 30.4 Å². The molecule has 5 rings (SSSR count). The summed E-state index contributed by atoms with van der Waals surface area (Å²) in [5, 5.41) is 6.03. The minimum absolute atomic E-state index is 0.0713. The zero-order chi connectivity index (χ0) is 27.5. The highest BCUT2D eigenvalue weighted by Gasteiger charge is 2.59. The maximum atomic E-state index is 14.2. The molecule has 1 saturated heterocycles. The van der Waals surface area contributed by atoms with E-state index >= 15 is 0 Å². The van der Waals surface area contributed by atoms with Gasteiger partial charge in [0.1, 0.15) is 0 Å². The van der Waals surface area contributed by atoms with Crippen LogP contribution in [0.5, 0.6) is 0 Å². The second kappa shape index (κ2) is 9.17. The van der Waals surface area contributed by atoms with Crippen LogP contribution in [0.2, 0.25) is 0 Å². The predicted octanol–water partition coefficient (Wildman–Crippen LogP) is 4.65. The molecule has 2 heterocycles. The van der Waals surface area contributed by atoms with E-state index in [-0.39, 0.29) is 23.2 Å². The molecule has 1 aromatic heterocycles. The minimum Gasteiger partial charge on any atom is -0.380 e. The van der Waals surface area contributed by atoms with Gasteiger partial charge in [-0.2, -0.15) is 13.2 Å². The Morgan fingerprint density at radius 1 is 1.16 bits per heavy atom. The standard InChI is InChI=1S/C28H34F3N5O2/c1-26(2)20-8-6-5-7-17(20)13-22(26)34-19-9-10-21(33-16-19)23(28(29,30)31)35(4)24(37)18-14-27(15-18)11-12-36(27)25(38)32-3/h5-10,16,18,22-23,34H,11-15H2,1-4H3,(H,32,38)/t18?,22?,23-,27?/m0/s1. The Morgan fingerprint density at radius 2 is 1.87 bits per heavy atom. The van der Waals surface area contributed by atoms with E-state index in [0.29, 0.717) is 25.1 Å². The van der Waals surface area contributed by atoms with Crippen molar-refractivity contribution < 1.29 is 22.8 Å². The first-order valence-corrected chi connectivity index (χ1v) is 13.0. The second-order valence-electron chi connectivity index (χ2n) is 11.4. The third-order valence-electron chi connectivity index (χ3n) is 8.89. The average Bonchev–Trinajstić information content (AvgIpc) is 3.07. The number of fused-ring (bicyclic) bond motifs is 1. The van der Waals surface area contributed by atoms with E-state index in [0.717, 1.165) is 17.7 Å². The smallest absolute Gasteiger partial charge is 0.380 e. The van der Waals surface area contributed by atoms with Crippen LogP contribution >= 0.6 is 0 Å². The molecule has 204 valence electrons. The number of likely N-dealkylation sites (tertiary alicyclic amines) is 1. The highest BCUT2D eigenvalue weighted by Crippen LogP contribution is 2.52. The van der Waals surface area contributed by atoms with Gasteiger partial charge in [0.15, 0.2) is 6.04 Å². The molecule has 2 N–H and O–H groups in total. The van der Waals surface area contributed by atoms with Crippen molar-refractivity contribution in [2.45, 2.75) is 68.7 Å². The Hall–Kier alpha value is -3.30. The molecule has 3 amide bonds. The number of anilines is 1. The number of nitrogens with zero attached hydrogens (tertiary/aromatic N) is 3. The van der Waals surface area contributed by atoms with Crippen LogP contribution in [0.15, 0.2) is 42.6 Å². The summed E-state index contributed by atoms with van der Waals surface area (Å²) in [6.45, 7) is 4.90. The summed E-state index contributed by atoms with van der Waals surface area (Å²) in [4.78, 5) is 31.7. The maximum Gasteiger partial charge on any atom is 0.414 e. The van der Waals surface area contributed by atoms with E-state index in [4.69, 9.17) is 0 Å². The molecule has 2 aliphatic carbocycles. The van der Waals surface area contributed by atoms with Crippen LogP contribution in [0.4, 0.5) is 23.7 Å².